The molecule has 1 aliphatic rings. The van der Waals surface area contributed by atoms with Crippen molar-refractivity contribution in [3.8, 4) is 0 Å². The molecule has 1 nitrogen and oxygen atoms in total. The van der Waals surface area contributed by atoms with Crippen LogP contribution in [-0.4, -0.2) is 12.2 Å². The molecule has 1 saturated heterocycles. The molecule has 2 unspecified atom stereocenters. The minimum Gasteiger partial charge on any atom is -0.374 e. The van der Waals surface area contributed by atoms with E-state index in [1.54, 1.807) is 0 Å². The monoisotopic (exact) mass is 352 g/mol. The maximum absolute atomic E-state index is 5.86. The fraction of sp³-hybridized carbons (Fsp3) is 0.636. The van der Waals surface area contributed by atoms with Gasteiger partial charge in [0.15, 0.2) is 0 Å². The summed E-state index contributed by atoms with van der Waals surface area (Å²) < 4.78 is 7.06. The van der Waals surface area contributed by atoms with E-state index in [1.807, 2.05) is 11.3 Å². The fourth-order valence-corrected chi connectivity index (χ4v) is 5.15. The zero-order valence-electron chi connectivity index (χ0n) is 8.85. The SMILES string of the molecule is Cc1cc(Br)c(C(Br)C2(C)CCCO2)s1. The van der Waals surface area contributed by atoms with Crippen LogP contribution < -0.4 is 0 Å². The summed E-state index contributed by atoms with van der Waals surface area (Å²) in [7, 11) is 0. The topological polar surface area (TPSA) is 9.23 Å². The summed E-state index contributed by atoms with van der Waals surface area (Å²) in [5.74, 6) is 0. The van der Waals surface area contributed by atoms with Gasteiger partial charge < -0.3 is 4.74 Å². The van der Waals surface area contributed by atoms with Crippen LogP contribution in [0.1, 0.15) is 34.3 Å². The zero-order valence-corrected chi connectivity index (χ0v) is 12.8. The highest BCUT2D eigenvalue weighted by atomic mass is 79.9. The van der Waals surface area contributed by atoms with Crippen LogP contribution in [0.25, 0.3) is 0 Å². The third-order valence-corrected chi connectivity index (χ3v) is 6.62. The molecule has 1 aliphatic heterocycles. The standard InChI is InChI=1S/C11H14Br2OS/c1-7-6-8(12)9(15-7)10(13)11(2)4-3-5-14-11/h6,10H,3-5H2,1-2H3. The number of aryl methyl sites for hydroxylation is 1. The Balaban J connectivity index is 2.27. The summed E-state index contributed by atoms with van der Waals surface area (Å²) in [4.78, 5) is 2.97. The molecule has 1 aromatic rings. The average molecular weight is 354 g/mol. The molecule has 4 heteroatoms. The Labute approximate surface area is 111 Å². The largest absolute Gasteiger partial charge is 0.374 e. The molecule has 2 rings (SSSR count). The molecule has 0 saturated carbocycles. The first-order valence-corrected chi connectivity index (χ1v) is 7.59. The normalized spacial score (nSPS) is 28.3. The van der Waals surface area contributed by atoms with Gasteiger partial charge in [-0.25, -0.2) is 0 Å². The second kappa shape index (κ2) is 4.47. The van der Waals surface area contributed by atoms with Crippen molar-refractivity contribution >= 4 is 43.2 Å². The molecule has 0 amide bonds. The van der Waals surface area contributed by atoms with Gasteiger partial charge in [-0.3, -0.25) is 0 Å². The van der Waals surface area contributed by atoms with Gasteiger partial charge in [0.1, 0.15) is 0 Å². The van der Waals surface area contributed by atoms with E-state index in [4.69, 9.17) is 4.74 Å². The van der Waals surface area contributed by atoms with Crippen molar-refractivity contribution < 1.29 is 4.74 Å². The molecule has 0 spiro atoms. The summed E-state index contributed by atoms with van der Waals surface area (Å²) in [6.07, 6.45) is 2.30. The molecule has 2 heterocycles. The van der Waals surface area contributed by atoms with E-state index < -0.39 is 0 Å². The lowest BCUT2D eigenvalue weighted by molar-refractivity contribution is 0.0203. The lowest BCUT2D eigenvalue weighted by atomic mass is 9.97. The van der Waals surface area contributed by atoms with Crippen molar-refractivity contribution in [2.24, 2.45) is 0 Å². The van der Waals surface area contributed by atoms with Gasteiger partial charge in [0, 0.05) is 20.8 Å². The van der Waals surface area contributed by atoms with Gasteiger partial charge in [-0.05, 0) is 48.7 Å². The molecular formula is C11H14Br2OS. The van der Waals surface area contributed by atoms with E-state index in [9.17, 15) is 0 Å². The maximum atomic E-state index is 5.86. The zero-order chi connectivity index (χ0) is 11.1. The van der Waals surface area contributed by atoms with Gasteiger partial charge in [-0.15, -0.1) is 11.3 Å². The van der Waals surface area contributed by atoms with Crippen LogP contribution in [0.2, 0.25) is 0 Å². The van der Waals surface area contributed by atoms with Crippen LogP contribution in [0.5, 0.6) is 0 Å². The second-order valence-electron chi connectivity index (χ2n) is 4.20. The van der Waals surface area contributed by atoms with E-state index in [0.29, 0.717) is 4.83 Å². The predicted molar refractivity (Wildman–Crippen MR) is 72.0 cm³/mol. The van der Waals surface area contributed by atoms with Crippen molar-refractivity contribution in [3.05, 3.63) is 20.3 Å². The Bertz CT molecular complexity index is 355. The van der Waals surface area contributed by atoms with E-state index in [1.165, 1.54) is 20.6 Å². The van der Waals surface area contributed by atoms with Gasteiger partial charge in [0.25, 0.3) is 0 Å². The first-order chi connectivity index (χ1) is 7.03. The molecule has 0 radical (unpaired) electrons. The molecule has 84 valence electrons. The quantitative estimate of drug-likeness (QED) is 0.692. The van der Waals surface area contributed by atoms with Crippen molar-refractivity contribution in [2.75, 3.05) is 6.61 Å². The van der Waals surface area contributed by atoms with Crippen LogP contribution in [0.4, 0.5) is 0 Å². The predicted octanol–water partition coefficient (Wildman–Crippen LogP) is 4.82. The van der Waals surface area contributed by atoms with E-state index in [2.05, 4.69) is 51.8 Å². The molecule has 1 fully saturated rings. The lowest BCUT2D eigenvalue weighted by Gasteiger charge is -2.28. The summed E-state index contributed by atoms with van der Waals surface area (Å²) in [5.41, 5.74) is -0.0419. The highest BCUT2D eigenvalue weighted by molar-refractivity contribution is 9.11. The number of rotatable bonds is 2. The van der Waals surface area contributed by atoms with E-state index in [-0.39, 0.29) is 5.60 Å². The third-order valence-electron chi connectivity index (χ3n) is 2.85. The number of halogens is 2. The molecule has 2 atom stereocenters. The lowest BCUT2D eigenvalue weighted by Crippen LogP contribution is -2.28. The third kappa shape index (κ3) is 2.33. The first-order valence-electron chi connectivity index (χ1n) is 5.07. The summed E-state index contributed by atoms with van der Waals surface area (Å²) in [6.45, 7) is 5.22. The molecule has 0 aliphatic carbocycles. The highest BCUT2D eigenvalue weighted by Gasteiger charge is 2.39. The summed E-state index contributed by atoms with van der Waals surface area (Å²) in [5, 5.41) is 0. The number of thiophene rings is 1. The van der Waals surface area contributed by atoms with Crippen molar-refractivity contribution in [3.63, 3.8) is 0 Å². The van der Waals surface area contributed by atoms with Gasteiger partial charge >= 0.3 is 0 Å². The van der Waals surface area contributed by atoms with Crippen molar-refractivity contribution in [1.82, 2.24) is 0 Å². The minimum atomic E-state index is -0.0419. The number of alkyl halides is 1. The summed E-state index contributed by atoms with van der Waals surface area (Å²) in [6, 6.07) is 2.17. The fourth-order valence-electron chi connectivity index (χ4n) is 1.95. The molecular weight excluding hydrogens is 340 g/mol. The van der Waals surface area contributed by atoms with Crippen LogP contribution in [-0.2, 0) is 4.74 Å². The Morgan fingerprint density at radius 2 is 2.33 bits per heavy atom. The number of hydrogen-bond acceptors (Lipinski definition) is 2. The van der Waals surface area contributed by atoms with E-state index >= 15 is 0 Å². The molecule has 0 bridgehead atoms. The van der Waals surface area contributed by atoms with Gasteiger partial charge in [-0.1, -0.05) is 15.9 Å². The van der Waals surface area contributed by atoms with Gasteiger partial charge in [0.05, 0.1) is 10.4 Å². The average Bonchev–Trinajstić information content (AvgIpc) is 2.73. The Morgan fingerprint density at radius 1 is 1.60 bits per heavy atom. The van der Waals surface area contributed by atoms with Crippen molar-refractivity contribution in [1.29, 1.82) is 0 Å². The Kier molecular flexibility index (Phi) is 3.61. The molecule has 0 aromatic carbocycles. The highest BCUT2D eigenvalue weighted by Crippen LogP contribution is 2.47. The van der Waals surface area contributed by atoms with Crippen LogP contribution in [0.15, 0.2) is 10.5 Å². The van der Waals surface area contributed by atoms with Gasteiger partial charge in [-0.2, -0.15) is 0 Å². The van der Waals surface area contributed by atoms with Gasteiger partial charge in [0.2, 0.25) is 0 Å². The van der Waals surface area contributed by atoms with Crippen molar-refractivity contribution in [2.45, 2.75) is 37.1 Å². The Hall–Kier alpha value is 0.620. The summed E-state index contributed by atoms with van der Waals surface area (Å²) >= 11 is 9.24. The smallest absolute Gasteiger partial charge is 0.0829 e. The number of ether oxygens (including phenoxy) is 1. The van der Waals surface area contributed by atoms with Crippen LogP contribution >= 0.6 is 43.2 Å². The Morgan fingerprint density at radius 3 is 2.80 bits per heavy atom. The maximum Gasteiger partial charge on any atom is 0.0829 e. The first kappa shape index (κ1) is 12.1. The molecule has 1 aromatic heterocycles. The van der Waals surface area contributed by atoms with E-state index in [0.717, 1.165) is 13.0 Å². The molecule has 15 heavy (non-hydrogen) atoms. The molecule has 0 N–H and O–H groups in total. The minimum absolute atomic E-state index is 0.0419. The van der Waals surface area contributed by atoms with Crippen LogP contribution in [0, 0.1) is 6.92 Å². The van der Waals surface area contributed by atoms with Crippen LogP contribution in [0.3, 0.4) is 0 Å². The second-order valence-corrected chi connectivity index (χ2v) is 7.25. The number of hydrogen-bond donors (Lipinski definition) is 0.